The minimum absolute atomic E-state index is 0.0405. The summed E-state index contributed by atoms with van der Waals surface area (Å²) in [4.78, 5) is 14.5. The van der Waals surface area contributed by atoms with Crippen molar-refractivity contribution in [1.82, 2.24) is 0 Å². The van der Waals surface area contributed by atoms with Crippen molar-refractivity contribution in [2.24, 2.45) is 0 Å². The molecule has 0 bridgehead atoms. The third kappa shape index (κ3) is 2.20. The summed E-state index contributed by atoms with van der Waals surface area (Å²) >= 11 is 1.74. The number of fused-ring (bicyclic) bond motifs is 1. The van der Waals surface area contributed by atoms with Crippen molar-refractivity contribution < 1.29 is 9.53 Å². The molecular formula is C22H16O2S. The molecule has 2 aliphatic heterocycles. The molecule has 1 fully saturated rings. The van der Waals surface area contributed by atoms with E-state index in [4.69, 9.17) is 4.74 Å². The number of rotatable bonds is 2. The normalized spacial score (nSPS) is 27.1. The number of carbonyl (C=O) groups is 1. The molecule has 3 atom stereocenters. The Hall–Kier alpha value is -2.36. The van der Waals surface area contributed by atoms with E-state index in [2.05, 4.69) is 12.1 Å². The number of hydrogen-bond acceptors (Lipinski definition) is 3. The first-order valence-electron chi connectivity index (χ1n) is 8.39. The molecule has 1 saturated heterocycles. The van der Waals surface area contributed by atoms with E-state index in [9.17, 15) is 4.79 Å². The van der Waals surface area contributed by atoms with Crippen LogP contribution in [0, 0.1) is 0 Å². The van der Waals surface area contributed by atoms with Crippen LogP contribution in [0.5, 0.6) is 0 Å². The molecule has 0 unspecified atom stereocenters. The van der Waals surface area contributed by atoms with Gasteiger partial charge in [0.2, 0.25) is 0 Å². The fourth-order valence-electron chi connectivity index (χ4n) is 3.72. The molecule has 1 spiro atoms. The van der Waals surface area contributed by atoms with Gasteiger partial charge in [0.25, 0.3) is 0 Å². The Bertz CT molecular complexity index is 939. The molecule has 2 aliphatic rings. The van der Waals surface area contributed by atoms with Crippen LogP contribution in [0.1, 0.15) is 32.8 Å². The molecule has 0 amide bonds. The summed E-state index contributed by atoms with van der Waals surface area (Å²) in [5.74, 6) is 0.101. The van der Waals surface area contributed by atoms with Crippen LogP contribution in [0.2, 0.25) is 0 Å². The lowest BCUT2D eigenvalue weighted by Gasteiger charge is -2.30. The first-order valence-corrected chi connectivity index (χ1v) is 9.27. The highest BCUT2D eigenvalue weighted by Gasteiger charge is 2.69. The highest BCUT2D eigenvalue weighted by atomic mass is 32.2. The SMILES string of the molecule is O=C1c2ccccc2S[C@H](c2ccccc2)[C@]12O[C@H]2c1ccccc1. The van der Waals surface area contributed by atoms with Gasteiger partial charge < -0.3 is 4.74 Å². The van der Waals surface area contributed by atoms with Crippen molar-refractivity contribution >= 4 is 17.5 Å². The zero-order valence-corrected chi connectivity index (χ0v) is 14.3. The number of ether oxygens (including phenoxy) is 1. The maximum absolute atomic E-state index is 13.4. The summed E-state index contributed by atoms with van der Waals surface area (Å²) < 4.78 is 6.20. The average Bonchev–Trinajstić information content (AvgIpc) is 3.43. The maximum Gasteiger partial charge on any atom is 0.200 e. The third-order valence-electron chi connectivity index (χ3n) is 4.97. The van der Waals surface area contributed by atoms with Crippen LogP contribution in [-0.2, 0) is 4.74 Å². The molecule has 3 aromatic carbocycles. The van der Waals surface area contributed by atoms with Crippen molar-refractivity contribution in [3.05, 3.63) is 102 Å². The fraction of sp³-hybridized carbons (Fsp3) is 0.136. The largest absolute Gasteiger partial charge is 0.351 e. The number of epoxide rings is 1. The number of carbonyl (C=O) groups excluding carboxylic acids is 1. The van der Waals surface area contributed by atoms with Crippen molar-refractivity contribution in [3.8, 4) is 0 Å². The van der Waals surface area contributed by atoms with Gasteiger partial charge in [-0.2, -0.15) is 0 Å². The van der Waals surface area contributed by atoms with E-state index in [-0.39, 0.29) is 17.1 Å². The van der Waals surface area contributed by atoms with E-state index < -0.39 is 5.60 Å². The molecule has 2 heterocycles. The Labute approximate surface area is 150 Å². The van der Waals surface area contributed by atoms with E-state index in [0.717, 1.165) is 21.6 Å². The van der Waals surface area contributed by atoms with Crippen LogP contribution in [0.4, 0.5) is 0 Å². The third-order valence-corrected chi connectivity index (χ3v) is 6.44. The Kier molecular flexibility index (Phi) is 3.34. The Morgan fingerprint density at radius 2 is 1.36 bits per heavy atom. The number of Topliss-reactive ketones (excluding diaryl/α,β-unsaturated/α-hetero) is 1. The van der Waals surface area contributed by atoms with Gasteiger partial charge in [0.15, 0.2) is 11.4 Å². The molecule has 0 aliphatic carbocycles. The minimum Gasteiger partial charge on any atom is -0.351 e. The van der Waals surface area contributed by atoms with Gasteiger partial charge in [0.1, 0.15) is 6.10 Å². The smallest absolute Gasteiger partial charge is 0.200 e. The Balaban J connectivity index is 1.65. The standard InChI is InChI=1S/C22H16O2S/c23-19-17-13-7-8-14-18(17)25-21(16-11-5-2-6-12-16)22(19)20(24-22)15-9-3-1-4-10-15/h1-14,20-21H/t20-,21+,22-/m0/s1. The predicted octanol–water partition coefficient (Wildman–Crippen LogP) is 5.23. The summed E-state index contributed by atoms with van der Waals surface area (Å²) in [7, 11) is 0. The first kappa shape index (κ1) is 14.9. The monoisotopic (exact) mass is 344 g/mol. The highest BCUT2D eigenvalue weighted by Crippen LogP contribution is 2.66. The lowest BCUT2D eigenvalue weighted by atomic mass is 9.85. The fourth-order valence-corrected chi connectivity index (χ4v) is 5.17. The molecule has 3 heteroatoms. The van der Waals surface area contributed by atoms with E-state index in [0.29, 0.717) is 0 Å². The molecule has 0 saturated carbocycles. The average molecular weight is 344 g/mol. The van der Waals surface area contributed by atoms with Crippen LogP contribution in [0.25, 0.3) is 0 Å². The predicted molar refractivity (Wildman–Crippen MR) is 98.8 cm³/mol. The summed E-state index contributed by atoms with van der Waals surface area (Å²) in [5.41, 5.74) is 2.17. The van der Waals surface area contributed by atoms with E-state index >= 15 is 0 Å². The summed E-state index contributed by atoms with van der Waals surface area (Å²) in [6.45, 7) is 0. The number of benzene rings is 3. The zero-order chi connectivity index (χ0) is 16.9. The second-order valence-corrected chi connectivity index (χ2v) is 7.58. The van der Waals surface area contributed by atoms with Crippen LogP contribution in [0.3, 0.4) is 0 Å². The van der Waals surface area contributed by atoms with Gasteiger partial charge in [-0.15, -0.1) is 11.8 Å². The maximum atomic E-state index is 13.4. The van der Waals surface area contributed by atoms with E-state index in [1.54, 1.807) is 11.8 Å². The summed E-state index contributed by atoms with van der Waals surface area (Å²) in [6, 6.07) is 28.1. The van der Waals surface area contributed by atoms with Crippen molar-refractivity contribution in [1.29, 1.82) is 0 Å². The van der Waals surface area contributed by atoms with Crippen LogP contribution < -0.4 is 0 Å². The second kappa shape index (κ2) is 5.58. The van der Waals surface area contributed by atoms with E-state index in [1.807, 2.05) is 72.8 Å². The highest BCUT2D eigenvalue weighted by molar-refractivity contribution is 7.99. The number of ketones is 1. The minimum atomic E-state index is -0.804. The molecule has 122 valence electrons. The van der Waals surface area contributed by atoms with Gasteiger partial charge in [0.05, 0.1) is 5.25 Å². The van der Waals surface area contributed by atoms with Crippen molar-refractivity contribution in [3.63, 3.8) is 0 Å². The van der Waals surface area contributed by atoms with Crippen LogP contribution in [-0.4, -0.2) is 11.4 Å². The van der Waals surface area contributed by atoms with Gasteiger partial charge in [0, 0.05) is 10.5 Å². The summed E-state index contributed by atoms with van der Waals surface area (Å²) in [5, 5.41) is -0.0405. The molecule has 0 aromatic heterocycles. The van der Waals surface area contributed by atoms with Crippen molar-refractivity contribution in [2.75, 3.05) is 0 Å². The lowest BCUT2D eigenvalue weighted by Crippen LogP contribution is -2.35. The topological polar surface area (TPSA) is 29.6 Å². The summed E-state index contributed by atoms with van der Waals surface area (Å²) in [6.07, 6.45) is -0.188. The Morgan fingerprint density at radius 1 is 0.760 bits per heavy atom. The van der Waals surface area contributed by atoms with Gasteiger partial charge in [-0.3, -0.25) is 4.79 Å². The number of hydrogen-bond donors (Lipinski definition) is 0. The van der Waals surface area contributed by atoms with Gasteiger partial charge in [-0.25, -0.2) is 0 Å². The molecule has 5 rings (SSSR count). The molecule has 0 N–H and O–H groups in total. The zero-order valence-electron chi connectivity index (χ0n) is 13.5. The number of thioether (sulfide) groups is 1. The first-order chi connectivity index (χ1) is 12.3. The van der Waals surface area contributed by atoms with E-state index in [1.165, 1.54) is 0 Å². The lowest BCUT2D eigenvalue weighted by molar-refractivity contribution is 0.0861. The van der Waals surface area contributed by atoms with Crippen LogP contribution in [0.15, 0.2) is 89.8 Å². The quantitative estimate of drug-likeness (QED) is 0.597. The molecular weight excluding hydrogens is 328 g/mol. The van der Waals surface area contributed by atoms with Gasteiger partial charge in [-0.1, -0.05) is 78.9 Å². The molecule has 25 heavy (non-hydrogen) atoms. The van der Waals surface area contributed by atoms with Gasteiger partial charge in [-0.05, 0) is 17.2 Å². The second-order valence-electron chi connectivity index (χ2n) is 6.44. The van der Waals surface area contributed by atoms with Crippen molar-refractivity contribution in [2.45, 2.75) is 21.9 Å². The Morgan fingerprint density at radius 3 is 2.08 bits per heavy atom. The van der Waals surface area contributed by atoms with Crippen LogP contribution >= 0.6 is 11.8 Å². The molecule has 0 radical (unpaired) electrons. The molecule has 2 nitrogen and oxygen atoms in total. The van der Waals surface area contributed by atoms with Gasteiger partial charge >= 0.3 is 0 Å². The molecule has 3 aromatic rings.